The van der Waals surface area contributed by atoms with E-state index in [1.54, 1.807) is 0 Å². The van der Waals surface area contributed by atoms with E-state index in [1.807, 2.05) is 0 Å². The average Bonchev–Trinajstić information content (AvgIpc) is 2.40. The number of rotatable bonds is 1. The SMILES string of the molecule is N[C@H](C1CC1)C(F)(F)F. The molecule has 54 valence electrons. The van der Waals surface area contributed by atoms with Crippen molar-refractivity contribution in [3.63, 3.8) is 0 Å². The van der Waals surface area contributed by atoms with Crippen LogP contribution in [0.1, 0.15) is 12.8 Å². The van der Waals surface area contributed by atoms with Crippen LogP contribution in [0.15, 0.2) is 0 Å². The van der Waals surface area contributed by atoms with Crippen molar-refractivity contribution in [1.29, 1.82) is 0 Å². The van der Waals surface area contributed by atoms with E-state index >= 15 is 0 Å². The predicted molar refractivity (Wildman–Crippen MR) is 26.8 cm³/mol. The van der Waals surface area contributed by atoms with Gasteiger partial charge in [0.15, 0.2) is 0 Å². The molecule has 1 aliphatic rings. The van der Waals surface area contributed by atoms with E-state index in [9.17, 15) is 13.2 Å². The third kappa shape index (κ3) is 1.58. The van der Waals surface area contributed by atoms with Gasteiger partial charge < -0.3 is 5.73 Å². The van der Waals surface area contributed by atoms with Gasteiger partial charge >= 0.3 is 6.18 Å². The molecule has 0 saturated heterocycles. The van der Waals surface area contributed by atoms with Gasteiger partial charge in [-0.3, -0.25) is 0 Å². The molecule has 2 N–H and O–H groups in total. The molecule has 1 aliphatic carbocycles. The Labute approximate surface area is 51.0 Å². The summed E-state index contributed by atoms with van der Waals surface area (Å²) in [5, 5.41) is 0. The third-order valence-electron chi connectivity index (χ3n) is 1.51. The van der Waals surface area contributed by atoms with E-state index in [0.717, 1.165) is 0 Å². The first-order valence-corrected chi connectivity index (χ1v) is 2.84. The van der Waals surface area contributed by atoms with Crippen molar-refractivity contribution in [2.45, 2.75) is 25.1 Å². The summed E-state index contributed by atoms with van der Waals surface area (Å²) in [5.74, 6) is -0.287. The van der Waals surface area contributed by atoms with Gasteiger partial charge in [0, 0.05) is 0 Å². The number of hydrogen-bond donors (Lipinski definition) is 1. The first-order valence-electron chi connectivity index (χ1n) is 2.84. The Morgan fingerprint density at radius 3 is 1.89 bits per heavy atom. The number of halogens is 3. The first-order chi connectivity index (χ1) is 4.02. The summed E-state index contributed by atoms with van der Waals surface area (Å²) >= 11 is 0. The van der Waals surface area contributed by atoms with Crippen LogP contribution in [0, 0.1) is 5.92 Å². The van der Waals surface area contributed by atoms with Crippen LogP contribution in [0.25, 0.3) is 0 Å². The van der Waals surface area contributed by atoms with Gasteiger partial charge in [-0.1, -0.05) is 0 Å². The summed E-state index contributed by atoms with van der Waals surface area (Å²) in [6.07, 6.45) is -2.90. The van der Waals surface area contributed by atoms with E-state index in [2.05, 4.69) is 0 Å². The zero-order valence-corrected chi connectivity index (χ0v) is 4.78. The molecule has 0 heterocycles. The minimum absolute atomic E-state index is 0.287. The van der Waals surface area contributed by atoms with Crippen LogP contribution in [0.4, 0.5) is 13.2 Å². The minimum Gasteiger partial charge on any atom is -0.320 e. The number of nitrogens with two attached hydrogens (primary N) is 1. The molecule has 1 nitrogen and oxygen atoms in total. The summed E-state index contributed by atoms with van der Waals surface area (Å²) < 4.78 is 34.8. The van der Waals surface area contributed by atoms with E-state index in [0.29, 0.717) is 12.8 Å². The molecule has 1 rings (SSSR count). The second-order valence-corrected chi connectivity index (χ2v) is 2.40. The van der Waals surface area contributed by atoms with Crippen LogP contribution in [0.2, 0.25) is 0 Å². The summed E-state index contributed by atoms with van der Waals surface area (Å²) in [5.41, 5.74) is 4.83. The molecule has 1 fully saturated rings. The maximum absolute atomic E-state index is 11.6. The highest BCUT2D eigenvalue weighted by molar-refractivity contribution is 4.88. The highest BCUT2D eigenvalue weighted by atomic mass is 19.4. The lowest BCUT2D eigenvalue weighted by Gasteiger charge is -2.13. The van der Waals surface area contributed by atoms with Gasteiger partial charge in [-0.2, -0.15) is 13.2 Å². The van der Waals surface area contributed by atoms with Gasteiger partial charge in [0.05, 0.1) is 0 Å². The Balaban J connectivity index is 2.40. The maximum Gasteiger partial charge on any atom is 0.403 e. The van der Waals surface area contributed by atoms with Gasteiger partial charge in [0.1, 0.15) is 6.04 Å². The number of alkyl halides is 3. The topological polar surface area (TPSA) is 26.0 Å². The normalized spacial score (nSPS) is 24.0. The molecular formula is C5H8F3N. The van der Waals surface area contributed by atoms with Crippen molar-refractivity contribution < 1.29 is 13.2 Å². The van der Waals surface area contributed by atoms with Crippen molar-refractivity contribution >= 4 is 0 Å². The Morgan fingerprint density at radius 1 is 1.33 bits per heavy atom. The monoisotopic (exact) mass is 139 g/mol. The molecule has 9 heavy (non-hydrogen) atoms. The van der Waals surface area contributed by atoms with Gasteiger partial charge in [-0.15, -0.1) is 0 Å². The molecule has 0 amide bonds. The molecule has 1 saturated carbocycles. The lowest BCUT2D eigenvalue weighted by Crippen LogP contribution is -2.38. The van der Waals surface area contributed by atoms with Crippen LogP contribution in [0.5, 0.6) is 0 Å². The van der Waals surface area contributed by atoms with Crippen molar-refractivity contribution in [2.75, 3.05) is 0 Å². The van der Waals surface area contributed by atoms with E-state index in [-0.39, 0.29) is 5.92 Å². The van der Waals surface area contributed by atoms with Crippen LogP contribution in [-0.4, -0.2) is 12.2 Å². The van der Waals surface area contributed by atoms with Crippen LogP contribution < -0.4 is 5.73 Å². The Hall–Kier alpha value is -0.250. The maximum atomic E-state index is 11.6. The molecular weight excluding hydrogens is 131 g/mol. The largest absolute Gasteiger partial charge is 0.403 e. The zero-order chi connectivity index (χ0) is 7.07. The third-order valence-corrected chi connectivity index (χ3v) is 1.51. The Kier molecular flexibility index (Phi) is 1.42. The molecule has 0 unspecified atom stereocenters. The fraction of sp³-hybridized carbons (Fsp3) is 1.00. The smallest absolute Gasteiger partial charge is 0.320 e. The molecule has 0 aromatic rings. The molecule has 0 spiro atoms. The molecule has 0 aromatic heterocycles. The summed E-state index contributed by atoms with van der Waals surface area (Å²) in [7, 11) is 0. The molecule has 4 heteroatoms. The lowest BCUT2D eigenvalue weighted by atomic mass is 10.2. The fourth-order valence-corrected chi connectivity index (χ4v) is 0.723. The van der Waals surface area contributed by atoms with Crippen molar-refractivity contribution in [1.82, 2.24) is 0 Å². The van der Waals surface area contributed by atoms with Crippen LogP contribution >= 0.6 is 0 Å². The van der Waals surface area contributed by atoms with E-state index in [1.165, 1.54) is 0 Å². The highest BCUT2D eigenvalue weighted by Crippen LogP contribution is 2.38. The standard InChI is InChI=1S/C5H8F3N/c6-5(7,8)4(9)3-1-2-3/h3-4H,1-2,9H2/t4-/m1/s1. The van der Waals surface area contributed by atoms with Crippen molar-refractivity contribution in [2.24, 2.45) is 11.7 Å². The molecule has 0 bridgehead atoms. The van der Waals surface area contributed by atoms with Gasteiger partial charge in [-0.25, -0.2) is 0 Å². The lowest BCUT2D eigenvalue weighted by molar-refractivity contribution is -0.151. The van der Waals surface area contributed by atoms with Crippen molar-refractivity contribution in [3.05, 3.63) is 0 Å². The highest BCUT2D eigenvalue weighted by Gasteiger charge is 2.46. The van der Waals surface area contributed by atoms with Crippen LogP contribution in [-0.2, 0) is 0 Å². The van der Waals surface area contributed by atoms with Crippen LogP contribution in [0.3, 0.4) is 0 Å². The first kappa shape index (κ1) is 6.86. The fourth-order valence-electron chi connectivity index (χ4n) is 0.723. The predicted octanol–water partition coefficient (Wildman–Crippen LogP) is 1.29. The molecule has 0 aliphatic heterocycles. The van der Waals surface area contributed by atoms with Gasteiger partial charge in [-0.05, 0) is 18.8 Å². The number of hydrogen-bond acceptors (Lipinski definition) is 1. The Bertz CT molecular complexity index is 105. The molecule has 0 radical (unpaired) electrons. The zero-order valence-electron chi connectivity index (χ0n) is 4.78. The molecule has 1 atom stereocenters. The Morgan fingerprint density at radius 2 is 1.78 bits per heavy atom. The van der Waals surface area contributed by atoms with E-state index < -0.39 is 12.2 Å². The second kappa shape index (κ2) is 1.87. The summed E-state index contributed by atoms with van der Waals surface area (Å²) in [6.45, 7) is 0. The molecule has 0 aromatic carbocycles. The van der Waals surface area contributed by atoms with Gasteiger partial charge in [0.2, 0.25) is 0 Å². The summed E-state index contributed by atoms with van der Waals surface area (Å²) in [4.78, 5) is 0. The minimum atomic E-state index is -4.18. The van der Waals surface area contributed by atoms with Crippen molar-refractivity contribution in [3.8, 4) is 0 Å². The average molecular weight is 139 g/mol. The van der Waals surface area contributed by atoms with E-state index in [4.69, 9.17) is 5.73 Å². The second-order valence-electron chi connectivity index (χ2n) is 2.40. The quantitative estimate of drug-likeness (QED) is 0.582. The van der Waals surface area contributed by atoms with Gasteiger partial charge in [0.25, 0.3) is 0 Å². The summed E-state index contributed by atoms with van der Waals surface area (Å²) in [6, 6.07) is -1.57.